The molecule has 0 aliphatic heterocycles. The summed E-state index contributed by atoms with van der Waals surface area (Å²) in [5, 5.41) is 12.3. The first-order valence-electron chi connectivity index (χ1n) is 8.18. The van der Waals surface area contributed by atoms with Crippen molar-refractivity contribution in [2.75, 3.05) is 6.54 Å². The predicted octanol–water partition coefficient (Wildman–Crippen LogP) is 2.25. The Morgan fingerprint density at radius 3 is 2.54 bits per heavy atom. The highest BCUT2D eigenvalue weighted by atomic mass is 32.2. The van der Waals surface area contributed by atoms with Crippen molar-refractivity contribution in [3.05, 3.63) is 29.3 Å². The molecule has 130 valence electrons. The molecule has 6 nitrogen and oxygen atoms in total. The molecule has 2 rings (SSSR count). The van der Waals surface area contributed by atoms with Crippen LogP contribution >= 0.6 is 0 Å². The Kier molecular flexibility index (Phi) is 5.62. The number of benzene rings is 1. The summed E-state index contributed by atoms with van der Waals surface area (Å²) in [5.41, 5.74) is 0.110. The fourth-order valence-corrected chi connectivity index (χ4v) is 4.06. The topological polar surface area (TPSA) is 99.1 Å². The van der Waals surface area contributed by atoms with Gasteiger partial charge in [-0.05, 0) is 37.5 Å². The molecule has 0 saturated heterocycles. The summed E-state index contributed by atoms with van der Waals surface area (Å²) in [6, 6.07) is 6.70. The number of nitriles is 1. The summed E-state index contributed by atoms with van der Waals surface area (Å²) >= 11 is 0. The van der Waals surface area contributed by atoms with Crippen LogP contribution in [0.15, 0.2) is 23.1 Å². The molecule has 1 saturated carbocycles. The summed E-state index contributed by atoms with van der Waals surface area (Å²) in [5.74, 6) is -0.399. The number of amides is 1. The van der Waals surface area contributed by atoms with Crippen molar-refractivity contribution in [1.29, 1.82) is 5.26 Å². The van der Waals surface area contributed by atoms with Crippen molar-refractivity contribution >= 4 is 15.9 Å². The van der Waals surface area contributed by atoms with E-state index < -0.39 is 21.5 Å². The molecule has 0 heterocycles. The van der Waals surface area contributed by atoms with Gasteiger partial charge in [0.25, 0.3) is 5.91 Å². The average Bonchev–Trinajstić information content (AvgIpc) is 2.55. The Morgan fingerprint density at radius 2 is 1.96 bits per heavy atom. The van der Waals surface area contributed by atoms with Crippen LogP contribution in [-0.4, -0.2) is 26.4 Å². The van der Waals surface area contributed by atoms with Gasteiger partial charge in [-0.15, -0.1) is 0 Å². The van der Waals surface area contributed by atoms with Gasteiger partial charge in [0.05, 0.1) is 11.0 Å². The van der Waals surface area contributed by atoms with Crippen molar-refractivity contribution in [2.24, 2.45) is 0 Å². The number of sulfonamides is 1. The fraction of sp³-hybridized carbons (Fsp3) is 0.529. The second-order valence-corrected chi connectivity index (χ2v) is 7.95. The molecule has 0 bridgehead atoms. The number of rotatable bonds is 5. The summed E-state index contributed by atoms with van der Waals surface area (Å²) in [6.07, 6.45) is 4.13. The lowest BCUT2D eigenvalue weighted by atomic mass is 9.82. The van der Waals surface area contributed by atoms with Crippen LogP contribution in [0, 0.1) is 18.3 Å². The number of carbonyl (C=O) groups is 1. The van der Waals surface area contributed by atoms with Gasteiger partial charge >= 0.3 is 0 Å². The number of hydrogen-bond acceptors (Lipinski definition) is 4. The van der Waals surface area contributed by atoms with Gasteiger partial charge in [-0.1, -0.05) is 32.3 Å². The summed E-state index contributed by atoms with van der Waals surface area (Å²) < 4.78 is 26.7. The normalized spacial score (nSPS) is 17.0. The van der Waals surface area contributed by atoms with Crippen LogP contribution in [0.5, 0.6) is 0 Å². The van der Waals surface area contributed by atoms with Gasteiger partial charge < -0.3 is 5.32 Å². The molecule has 0 unspecified atom stereocenters. The maximum absolute atomic E-state index is 12.7. The van der Waals surface area contributed by atoms with Crippen molar-refractivity contribution in [3.8, 4) is 6.07 Å². The molecule has 1 aliphatic carbocycles. The second kappa shape index (κ2) is 7.32. The molecule has 1 aromatic rings. The van der Waals surface area contributed by atoms with Gasteiger partial charge in [-0.2, -0.15) is 5.26 Å². The monoisotopic (exact) mass is 349 g/mol. The van der Waals surface area contributed by atoms with Crippen LogP contribution < -0.4 is 10.0 Å². The Hall–Kier alpha value is -1.91. The zero-order chi connectivity index (χ0) is 17.8. The lowest BCUT2D eigenvalue weighted by molar-refractivity contribution is 0.0902. The Balaban J connectivity index is 2.31. The van der Waals surface area contributed by atoms with Crippen LogP contribution in [-0.2, 0) is 10.0 Å². The molecular formula is C17H23N3O3S. The number of aryl methyl sites for hydroxylation is 1. The third-order valence-corrected chi connectivity index (χ3v) is 5.92. The van der Waals surface area contributed by atoms with Crippen LogP contribution in [0.2, 0.25) is 0 Å². The van der Waals surface area contributed by atoms with Gasteiger partial charge in [0.15, 0.2) is 0 Å². The maximum atomic E-state index is 12.7. The molecule has 1 aliphatic rings. The van der Waals surface area contributed by atoms with Crippen molar-refractivity contribution < 1.29 is 13.2 Å². The highest BCUT2D eigenvalue weighted by molar-refractivity contribution is 7.89. The van der Waals surface area contributed by atoms with E-state index in [9.17, 15) is 18.5 Å². The molecule has 2 N–H and O–H groups in total. The van der Waals surface area contributed by atoms with Gasteiger partial charge in [0.1, 0.15) is 5.54 Å². The summed E-state index contributed by atoms with van der Waals surface area (Å²) in [4.78, 5) is 12.7. The van der Waals surface area contributed by atoms with Crippen molar-refractivity contribution in [2.45, 2.75) is 56.4 Å². The lowest BCUT2D eigenvalue weighted by Crippen LogP contribution is -2.48. The summed E-state index contributed by atoms with van der Waals surface area (Å²) in [7, 11) is -3.63. The minimum atomic E-state index is -3.63. The SMILES string of the molecule is CCNS(=O)(=O)c1ccc(C)c(C(=O)NC2(C#N)CCCCC2)c1. The molecule has 1 fully saturated rings. The van der Waals surface area contributed by atoms with E-state index in [0.717, 1.165) is 19.3 Å². The zero-order valence-corrected chi connectivity index (χ0v) is 14.9. The van der Waals surface area contributed by atoms with E-state index >= 15 is 0 Å². The van der Waals surface area contributed by atoms with Gasteiger partial charge in [0, 0.05) is 12.1 Å². The summed E-state index contributed by atoms with van der Waals surface area (Å²) in [6.45, 7) is 3.72. The van der Waals surface area contributed by atoms with E-state index in [1.165, 1.54) is 12.1 Å². The van der Waals surface area contributed by atoms with Crippen LogP contribution in [0.3, 0.4) is 0 Å². The zero-order valence-electron chi connectivity index (χ0n) is 14.1. The highest BCUT2D eigenvalue weighted by Gasteiger charge is 2.34. The van der Waals surface area contributed by atoms with Gasteiger partial charge in [0.2, 0.25) is 10.0 Å². The number of hydrogen-bond donors (Lipinski definition) is 2. The molecular weight excluding hydrogens is 326 g/mol. The third kappa shape index (κ3) is 3.94. The Labute approximate surface area is 143 Å². The van der Waals surface area contributed by atoms with Gasteiger partial charge in [-0.3, -0.25) is 4.79 Å². The van der Waals surface area contributed by atoms with E-state index in [2.05, 4.69) is 16.1 Å². The van der Waals surface area contributed by atoms with Crippen LogP contribution in [0.1, 0.15) is 54.9 Å². The quantitative estimate of drug-likeness (QED) is 0.851. The third-order valence-electron chi connectivity index (χ3n) is 4.37. The molecule has 1 amide bonds. The maximum Gasteiger partial charge on any atom is 0.252 e. The molecule has 0 aromatic heterocycles. The van der Waals surface area contributed by atoms with Crippen molar-refractivity contribution in [3.63, 3.8) is 0 Å². The molecule has 0 spiro atoms. The molecule has 1 aromatic carbocycles. The standard InChI is InChI=1S/C17H23N3O3S/c1-3-19-24(22,23)14-8-7-13(2)15(11-14)16(21)20-17(12-18)9-5-4-6-10-17/h7-8,11,19H,3-6,9-10H2,1-2H3,(H,20,21). The van der Waals surface area contributed by atoms with E-state index in [0.29, 0.717) is 18.4 Å². The highest BCUT2D eigenvalue weighted by Crippen LogP contribution is 2.28. The first kappa shape index (κ1) is 18.4. The van der Waals surface area contributed by atoms with Gasteiger partial charge in [-0.25, -0.2) is 13.1 Å². The minimum Gasteiger partial charge on any atom is -0.334 e. The Bertz CT molecular complexity index is 760. The smallest absolute Gasteiger partial charge is 0.252 e. The van der Waals surface area contributed by atoms with Crippen LogP contribution in [0.4, 0.5) is 0 Å². The first-order chi connectivity index (χ1) is 11.3. The molecule has 7 heteroatoms. The second-order valence-electron chi connectivity index (χ2n) is 6.19. The van der Waals surface area contributed by atoms with E-state index in [1.807, 2.05) is 0 Å². The number of nitrogens with one attached hydrogen (secondary N) is 2. The first-order valence-corrected chi connectivity index (χ1v) is 9.66. The van der Waals surface area contributed by atoms with Crippen LogP contribution in [0.25, 0.3) is 0 Å². The van der Waals surface area contributed by atoms with E-state index in [1.54, 1.807) is 19.9 Å². The molecule has 0 atom stereocenters. The largest absolute Gasteiger partial charge is 0.334 e. The number of nitrogens with zero attached hydrogens (tertiary/aromatic N) is 1. The lowest BCUT2D eigenvalue weighted by Gasteiger charge is -2.31. The average molecular weight is 349 g/mol. The molecule has 24 heavy (non-hydrogen) atoms. The van der Waals surface area contributed by atoms with E-state index in [-0.39, 0.29) is 17.0 Å². The fourth-order valence-electron chi connectivity index (χ4n) is 2.99. The predicted molar refractivity (Wildman–Crippen MR) is 90.9 cm³/mol. The van der Waals surface area contributed by atoms with E-state index in [4.69, 9.17) is 0 Å². The molecule has 0 radical (unpaired) electrons. The van der Waals surface area contributed by atoms with Crippen molar-refractivity contribution in [1.82, 2.24) is 10.0 Å². The Morgan fingerprint density at radius 1 is 1.29 bits per heavy atom. The minimum absolute atomic E-state index is 0.0507. The number of carbonyl (C=O) groups excluding carboxylic acids is 1.